The van der Waals surface area contributed by atoms with Gasteiger partial charge in [-0.15, -0.1) is 0 Å². The first-order valence-corrected chi connectivity index (χ1v) is 23.1. The average molecular weight is 873 g/mol. The maximum absolute atomic E-state index is 4.41. The summed E-state index contributed by atoms with van der Waals surface area (Å²) in [5, 5.41) is 8.19. The van der Waals surface area contributed by atoms with Crippen LogP contribution in [0.25, 0.3) is 62.5 Å². The highest BCUT2D eigenvalue weighted by atomic mass is 15.1. The van der Waals surface area contributed by atoms with E-state index in [0.29, 0.717) is 0 Å². The molecule has 1 N–H and O–H groups in total. The van der Waals surface area contributed by atoms with Crippen LogP contribution in [-0.2, 0) is 0 Å². The van der Waals surface area contributed by atoms with Gasteiger partial charge in [0.25, 0.3) is 0 Å². The van der Waals surface area contributed by atoms with Crippen LogP contribution in [0.15, 0.2) is 249 Å². The monoisotopic (exact) mass is 872 g/mol. The summed E-state index contributed by atoms with van der Waals surface area (Å²) in [6.07, 6.45) is 19.2. The van der Waals surface area contributed by atoms with Crippen molar-refractivity contribution in [2.45, 2.75) is 0 Å². The van der Waals surface area contributed by atoms with E-state index in [4.69, 9.17) is 0 Å². The summed E-state index contributed by atoms with van der Waals surface area (Å²) in [6.45, 7) is 0.774. The van der Waals surface area contributed by atoms with E-state index in [-0.39, 0.29) is 0 Å². The first kappa shape index (κ1) is 41.7. The normalized spacial score (nSPS) is 12.4. The van der Waals surface area contributed by atoms with Gasteiger partial charge in [-0.05, 0) is 175 Å². The number of hydrogen-bond donors (Lipinski definition) is 1. The third-order valence-electron chi connectivity index (χ3n) is 12.5. The van der Waals surface area contributed by atoms with Gasteiger partial charge in [0, 0.05) is 53.1 Å². The van der Waals surface area contributed by atoms with E-state index >= 15 is 0 Å². The van der Waals surface area contributed by atoms with Crippen molar-refractivity contribution in [1.29, 1.82) is 0 Å². The van der Waals surface area contributed by atoms with Crippen molar-refractivity contribution in [3.8, 4) is 11.1 Å². The zero-order chi connectivity index (χ0) is 45.5. The molecular formula is C64H48N4. The van der Waals surface area contributed by atoms with E-state index in [1.165, 1.54) is 38.2 Å². The van der Waals surface area contributed by atoms with Crippen LogP contribution >= 0.6 is 0 Å². The van der Waals surface area contributed by atoms with Crippen LogP contribution in [-0.4, -0.2) is 11.5 Å². The fourth-order valence-electron chi connectivity index (χ4n) is 9.30. The third kappa shape index (κ3) is 8.74. The van der Waals surface area contributed by atoms with Crippen molar-refractivity contribution in [3.63, 3.8) is 0 Å². The number of anilines is 6. The number of dihydropyridines is 1. The van der Waals surface area contributed by atoms with Gasteiger partial charge in [0.15, 0.2) is 0 Å². The number of aromatic nitrogens is 1. The number of hydrogen-bond acceptors (Lipinski definition) is 4. The number of nitrogens with zero attached hydrogens (tertiary/aromatic N) is 3. The Balaban J connectivity index is 0.970. The minimum atomic E-state index is 0.774. The summed E-state index contributed by atoms with van der Waals surface area (Å²) in [6, 6.07) is 77.8. The van der Waals surface area contributed by atoms with E-state index in [1.54, 1.807) is 0 Å². The number of nitrogens with one attached hydrogen (secondary N) is 1. The van der Waals surface area contributed by atoms with E-state index in [9.17, 15) is 0 Å². The molecule has 4 nitrogen and oxygen atoms in total. The Hall–Kier alpha value is -8.99. The smallest absolute Gasteiger partial charge is 0.0462 e. The quantitative estimate of drug-likeness (QED) is 0.0979. The maximum Gasteiger partial charge on any atom is 0.0462 e. The fourth-order valence-corrected chi connectivity index (χ4v) is 9.30. The van der Waals surface area contributed by atoms with Crippen LogP contribution in [0.4, 0.5) is 34.1 Å². The van der Waals surface area contributed by atoms with Gasteiger partial charge in [0.2, 0.25) is 0 Å². The molecule has 0 saturated heterocycles. The van der Waals surface area contributed by atoms with Crippen molar-refractivity contribution in [1.82, 2.24) is 10.3 Å². The Morgan fingerprint density at radius 1 is 0.368 bits per heavy atom. The van der Waals surface area contributed by atoms with Crippen LogP contribution in [0.5, 0.6) is 0 Å². The van der Waals surface area contributed by atoms with Gasteiger partial charge < -0.3 is 15.1 Å². The van der Waals surface area contributed by atoms with E-state index in [0.717, 1.165) is 68.5 Å². The van der Waals surface area contributed by atoms with Gasteiger partial charge in [0.1, 0.15) is 0 Å². The van der Waals surface area contributed by atoms with Crippen LogP contribution in [0, 0.1) is 0 Å². The largest absolute Gasteiger partial charge is 0.387 e. The summed E-state index contributed by atoms with van der Waals surface area (Å²) in [7, 11) is 0. The van der Waals surface area contributed by atoms with Crippen molar-refractivity contribution in [2.24, 2.45) is 0 Å². The highest BCUT2D eigenvalue weighted by molar-refractivity contribution is 6.20. The van der Waals surface area contributed by atoms with Crippen LogP contribution in [0.2, 0.25) is 0 Å². The molecule has 9 aromatic carbocycles. The van der Waals surface area contributed by atoms with Crippen molar-refractivity contribution >= 4 is 85.5 Å². The Labute approximate surface area is 398 Å². The molecule has 1 aromatic heterocycles. The fraction of sp³-hybridized carbons (Fsp3) is 0.0156. The Bertz CT molecular complexity index is 3370. The third-order valence-corrected chi connectivity index (χ3v) is 12.5. The van der Waals surface area contributed by atoms with E-state index < -0.39 is 0 Å². The van der Waals surface area contributed by atoms with Gasteiger partial charge in [-0.3, -0.25) is 4.98 Å². The SMILES string of the molecule is C1=CC(c2c(-c3ccncc3)c3ccc(/C=C/c4ccc(N(c5ccccc5)c5ccccc5)cc4)cc3c3cc(/C=C/c4ccc(N(c5ccccc5)c5ccccc5)cc4)ccc23)=CCN1. The molecule has 0 bridgehead atoms. The molecule has 0 unspecified atom stereocenters. The van der Waals surface area contributed by atoms with Gasteiger partial charge in [0.05, 0.1) is 0 Å². The summed E-state index contributed by atoms with van der Waals surface area (Å²) in [5.41, 5.74) is 16.0. The molecule has 0 aliphatic carbocycles. The second-order valence-corrected chi connectivity index (χ2v) is 16.9. The molecule has 0 atom stereocenters. The highest BCUT2D eigenvalue weighted by Crippen LogP contribution is 2.44. The van der Waals surface area contributed by atoms with Crippen molar-refractivity contribution in [3.05, 3.63) is 277 Å². The molecular weight excluding hydrogens is 825 g/mol. The second kappa shape index (κ2) is 19.2. The van der Waals surface area contributed by atoms with Crippen molar-refractivity contribution < 1.29 is 0 Å². The van der Waals surface area contributed by atoms with E-state index in [1.807, 2.05) is 12.4 Å². The number of benzene rings is 9. The molecule has 4 heteroatoms. The topological polar surface area (TPSA) is 31.4 Å². The molecule has 0 saturated carbocycles. The molecule has 324 valence electrons. The lowest BCUT2D eigenvalue weighted by molar-refractivity contribution is 0.976. The summed E-state index contributed by atoms with van der Waals surface area (Å²) in [5.74, 6) is 0. The molecule has 2 heterocycles. The minimum absolute atomic E-state index is 0.774. The number of pyridine rings is 1. The summed E-state index contributed by atoms with van der Waals surface area (Å²) < 4.78 is 0. The number of fused-ring (bicyclic) bond motifs is 3. The maximum atomic E-state index is 4.41. The van der Waals surface area contributed by atoms with E-state index in [2.05, 4.69) is 281 Å². The molecule has 68 heavy (non-hydrogen) atoms. The Morgan fingerprint density at radius 3 is 1.16 bits per heavy atom. The summed E-state index contributed by atoms with van der Waals surface area (Å²) >= 11 is 0. The van der Waals surface area contributed by atoms with Crippen LogP contribution in [0.3, 0.4) is 0 Å². The lowest BCUT2D eigenvalue weighted by Gasteiger charge is -2.25. The lowest BCUT2D eigenvalue weighted by atomic mass is 9.83. The van der Waals surface area contributed by atoms with Crippen molar-refractivity contribution in [2.75, 3.05) is 16.3 Å². The molecule has 0 amide bonds. The van der Waals surface area contributed by atoms with Gasteiger partial charge in [-0.2, -0.15) is 0 Å². The number of para-hydroxylation sites is 4. The first-order valence-electron chi connectivity index (χ1n) is 23.1. The molecule has 10 aromatic rings. The van der Waals surface area contributed by atoms with Gasteiger partial charge in [-0.25, -0.2) is 0 Å². The van der Waals surface area contributed by atoms with Gasteiger partial charge >= 0.3 is 0 Å². The minimum Gasteiger partial charge on any atom is -0.387 e. The molecule has 0 spiro atoms. The predicted molar refractivity (Wildman–Crippen MR) is 290 cm³/mol. The molecule has 0 fully saturated rings. The average Bonchev–Trinajstić information content (AvgIpc) is 3.42. The zero-order valence-electron chi connectivity index (χ0n) is 37.5. The lowest BCUT2D eigenvalue weighted by Crippen LogP contribution is -2.09. The molecule has 1 aliphatic heterocycles. The van der Waals surface area contributed by atoms with Crippen LogP contribution < -0.4 is 15.1 Å². The molecule has 1 aliphatic rings. The highest BCUT2D eigenvalue weighted by Gasteiger charge is 2.20. The number of rotatable bonds is 12. The predicted octanol–water partition coefficient (Wildman–Crippen LogP) is 16.8. The Kier molecular flexibility index (Phi) is 11.8. The molecule has 0 radical (unpaired) electrons. The Morgan fingerprint density at radius 2 is 0.750 bits per heavy atom. The molecule has 11 rings (SSSR count). The standard InChI is InChI=1S/C64H48N4/c1-5-13-53(14-6-1)67(54-15-7-2-8-16-54)57-31-25-47(26-32-57)21-23-49-29-35-59-61(45-49)62-46-50(30-36-60(62)64(52-39-43-66-44-40-52)63(59)51-37-41-65-42-38-51)24-22-48-27-33-58(34-28-48)68(55-17-9-3-10-18-55)56-19-11-4-12-20-56/h1-43,45-46,66H,44H2/b23-21+,24-22+. The first-order chi connectivity index (χ1) is 33.7. The second-order valence-electron chi connectivity index (χ2n) is 16.9. The zero-order valence-corrected chi connectivity index (χ0v) is 37.5. The van der Waals surface area contributed by atoms with Crippen LogP contribution in [0.1, 0.15) is 27.8 Å². The summed E-state index contributed by atoms with van der Waals surface area (Å²) in [4.78, 5) is 8.99. The van der Waals surface area contributed by atoms with Gasteiger partial charge in [-0.1, -0.05) is 152 Å². The number of allylic oxidation sites excluding steroid dienone is 2.